The van der Waals surface area contributed by atoms with Crippen molar-refractivity contribution in [2.45, 2.75) is 58.7 Å². The van der Waals surface area contributed by atoms with Crippen LogP contribution in [-0.4, -0.2) is 40.4 Å². The van der Waals surface area contributed by atoms with Crippen LogP contribution in [0.3, 0.4) is 0 Å². The zero-order valence-electron chi connectivity index (χ0n) is 17.4. The standard InChI is InChI=1S/C23H29N3O3/c1-16-6-4-9-20(25-16)14-24-23(28)19-10-12-21(13-11-19)29-15-22(27)26-17(2)7-5-8-18(26)3/h4,6,9-13,17-18H,5,7-8,14-15H2,1-3H3,(H,24,28). The molecule has 6 heteroatoms. The van der Waals surface area contributed by atoms with Crippen LogP contribution in [0.2, 0.25) is 0 Å². The van der Waals surface area contributed by atoms with Crippen molar-refractivity contribution in [1.82, 2.24) is 15.2 Å². The molecule has 154 valence electrons. The Hall–Kier alpha value is -2.89. The second-order valence-electron chi connectivity index (χ2n) is 7.70. The number of hydrogen-bond acceptors (Lipinski definition) is 4. The number of amides is 2. The molecule has 0 radical (unpaired) electrons. The first-order valence-corrected chi connectivity index (χ1v) is 10.2. The fraction of sp³-hybridized carbons (Fsp3) is 0.435. The van der Waals surface area contributed by atoms with E-state index in [-0.39, 0.29) is 30.5 Å². The molecule has 2 heterocycles. The highest BCUT2D eigenvalue weighted by molar-refractivity contribution is 5.94. The van der Waals surface area contributed by atoms with Gasteiger partial charge in [-0.3, -0.25) is 14.6 Å². The molecule has 1 aliphatic rings. The molecule has 2 aromatic rings. The second-order valence-corrected chi connectivity index (χ2v) is 7.70. The molecule has 2 unspecified atom stereocenters. The normalized spacial score (nSPS) is 18.9. The van der Waals surface area contributed by atoms with Crippen molar-refractivity contribution in [3.05, 3.63) is 59.4 Å². The molecule has 1 saturated heterocycles. The number of pyridine rings is 1. The molecule has 2 amide bonds. The molecule has 1 aromatic carbocycles. The van der Waals surface area contributed by atoms with E-state index >= 15 is 0 Å². The van der Waals surface area contributed by atoms with Crippen LogP contribution in [0.5, 0.6) is 5.75 Å². The molecule has 0 bridgehead atoms. The number of likely N-dealkylation sites (tertiary alicyclic amines) is 1. The lowest BCUT2D eigenvalue weighted by Crippen LogP contribution is -2.49. The van der Waals surface area contributed by atoms with Gasteiger partial charge in [-0.1, -0.05) is 6.07 Å². The Morgan fingerprint density at radius 3 is 2.45 bits per heavy atom. The number of piperidine rings is 1. The molecular formula is C23H29N3O3. The van der Waals surface area contributed by atoms with Gasteiger partial charge in [-0.05, 0) is 76.4 Å². The summed E-state index contributed by atoms with van der Waals surface area (Å²) in [6.45, 7) is 6.49. The molecule has 1 aromatic heterocycles. The van der Waals surface area contributed by atoms with E-state index in [1.54, 1.807) is 24.3 Å². The largest absolute Gasteiger partial charge is 0.484 e. The van der Waals surface area contributed by atoms with Gasteiger partial charge in [0.1, 0.15) is 5.75 Å². The quantitative estimate of drug-likeness (QED) is 0.813. The predicted molar refractivity (Wildman–Crippen MR) is 112 cm³/mol. The van der Waals surface area contributed by atoms with Crippen LogP contribution in [0, 0.1) is 6.92 Å². The zero-order valence-corrected chi connectivity index (χ0v) is 17.4. The lowest BCUT2D eigenvalue weighted by Gasteiger charge is -2.38. The second kappa shape index (κ2) is 9.54. The summed E-state index contributed by atoms with van der Waals surface area (Å²) in [6.07, 6.45) is 3.24. The number of carbonyl (C=O) groups is 2. The minimum Gasteiger partial charge on any atom is -0.484 e. The smallest absolute Gasteiger partial charge is 0.260 e. The third-order valence-electron chi connectivity index (χ3n) is 5.34. The van der Waals surface area contributed by atoms with Crippen molar-refractivity contribution in [2.75, 3.05) is 6.61 Å². The number of aromatic nitrogens is 1. The van der Waals surface area contributed by atoms with Crippen LogP contribution in [0.25, 0.3) is 0 Å². The predicted octanol–water partition coefficient (Wildman–Crippen LogP) is 3.49. The highest BCUT2D eigenvalue weighted by Gasteiger charge is 2.28. The van der Waals surface area contributed by atoms with Crippen LogP contribution in [-0.2, 0) is 11.3 Å². The van der Waals surface area contributed by atoms with Gasteiger partial charge in [0.15, 0.2) is 6.61 Å². The SMILES string of the molecule is Cc1cccc(CNC(=O)c2ccc(OCC(=O)N3C(C)CCCC3C)cc2)n1. The van der Waals surface area contributed by atoms with Crippen molar-refractivity contribution >= 4 is 11.8 Å². The third-order valence-corrected chi connectivity index (χ3v) is 5.34. The highest BCUT2D eigenvalue weighted by Crippen LogP contribution is 2.23. The Labute approximate surface area is 172 Å². The van der Waals surface area contributed by atoms with Crippen LogP contribution < -0.4 is 10.1 Å². The van der Waals surface area contributed by atoms with E-state index in [9.17, 15) is 9.59 Å². The molecule has 1 aliphatic heterocycles. The van der Waals surface area contributed by atoms with Gasteiger partial charge in [0.2, 0.25) is 0 Å². The summed E-state index contributed by atoms with van der Waals surface area (Å²) in [5, 5.41) is 2.86. The Bertz CT molecular complexity index is 841. The van der Waals surface area contributed by atoms with Gasteiger partial charge < -0.3 is 15.0 Å². The number of hydrogen-bond donors (Lipinski definition) is 1. The van der Waals surface area contributed by atoms with Crippen molar-refractivity contribution < 1.29 is 14.3 Å². The molecule has 29 heavy (non-hydrogen) atoms. The topological polar surface area (TPSA) is 71.5 Å². The Balaban J connectivity index is 1.50. The maximum absolute atomic E-state index is 12.5. The molecule has 1 N–H and O–H groups in total. The van der Waals surface area contributed by atoms with Crippen molar-refractivity contribution in [3.63, 3.8) is 0 Å². The van der Waals surface area contributed by atoms with Gasteiger partial charge in [-0.2, -0.15) is 0 Å². The molecule has 0 saturated carbocycles. The van der Waals surface area contributed by atoms with Gasteiger partial charge >= 0.3 is 0 Å². The zero-order chi connectivity index (χ0) is 20.8. The first-order chi connectivity index (χ1) is 13.9. The number of carbonyl (C=O) groups excluding carboxylic acids is 2. The molecular weight excluding hydrogens is 366 g/mol. The first kappa shape index (κ1) is 20.8. The third kappa shape index (κ3) is 5.56. The Kier molecular flexibility index (Phi) is 6.86. The summed E-state index contributed by atoms with van der Waals surface area (Å²) in [4.78, 5) is 31.2. The van der Waals surface area contributed by atoms with Gasteiger partial charge in [-0.15, -0.1) is 0 Å². The maximum Gasteiger partial charge on any atom is 0.260 e. The van der Waals surface area contributed by atoms with Gasteiger partial charge in [-0.25, -0.2) is 0 Å². The van der Waals surface area contributed by atoms with E-state index in [4.69, 9.17) is 4.74 Å². The van der Waals surface area contributed by atoms with Crippen LogP contribution in [0.1, 0.15) is 54.9 Å². The van der Waals surface area contributed by atoms with Gasteiger partial charge in [0.05, 0.1) is 12.2 Å². The number of benzene rings is 1. The summed E-state index contributed by atoms with van der Waals surface area (Å²) in [7, 11) is 0. The van der Waals surface area contributed by atoms with E-state index in [1.165, 1.54) is 0 Å². The molecule has 6 nitrogen and oxygen atoms in total. The van der Waals surface area contributed by atoms with Crippen molar-refractivity contribution in [2.24, 2.45) is 0 Å². The van der Waals surface area contributed by atoms with Gasteiger partial charge in [0, 0.05) is 23.3 Å². The fourth-order valence-corrected chi connectivity index (χ4v) is 3.81. The van der Waals surface area contributed by atoms with Crippen molar-refractivity contribution in [3.8, 4) is 5.75 Å². The van der Waals surface area contributed by atoms with Crippen LogP contribution >= 0.6 is 0 Å². The molecule has 1 fully saturated rings. The monoisotopic (exact) mass is 395 g/mol. The number of aryl methyl sites for hydroxylation is 1. The number of ether oxygens (including phenoxy) is 1. The number of rotatable bonds is 6. The van der Waals surface area contributed by atoms with E-state index in [2.05, 4.69) is 24.1 Å². The van der Waals surface area contributed by atoms with E-state index in [1.807, 2.05) is 30.0 Å². The van der Waals surface area contributed by atoms with E-state index in [0.29, 0.717) is 17.9 Å². The van der Waals surface area contributed by atoms with Crippen molar-refractivity contribution in [1.29, 1.82) is 0 Å². The Morgan fingerprint density at radius 2 is 1.79 bits per heavy atom. The van der Waals surface area contributed by atoms with Crippen LogP contribution in [0.4, 0.5) is 0 Å². The minimum atomic E-state index is -0.174. The van der Waals surface area contributed by atoms with E-state index in [0.717, 1.165) is 30.7 Å². The summed E-state index contributed by atoms with van der Waals surface area (Å²) in [5.74, 6) is 0.414. The molecule has 0 spiro atoms. The number of nitrogens with one attached hydrogen (secondary N) is 1. The molecule has 0 aliphatic carbocycles. The highest BCUT2D eigenvalue weighted by atomic mass is 16.5. The minimum absolute atomic E-state index is 0.0113. The number of nitrogens with zero attached hydrogens (tertiary/aromatic N) is 2. The average Bonchev–Trinajstić information content (AvgIpc) is 2.71. The lowest BCUT2D eigenvalue weighted by molar-refractivity contribution is -0.139. The molecule has 3 rings (SSSR count). The maximum atomic E-state index is 12.5. The first-order valence-electron chi connectivity index (χ1n) is 10.2. The van der Waals surface area contributed by atoms with E-state index < -0.39 is 0 Å². The van der Waals surface area contributed by atoms with Crippen LogP contribution in [0.15, 0.2) is 42.5 Å². The Morgan fingerprint density at radius 1 is 1.10 bits per heavy atom. The summed E-state index contributed by atoms with van der Waals surface area (Å²) in [6, 6.07) is 13.1. The summed E-state index contributed by atoms with van der Waals surface area (Å²) < 4.78 is 5.66. The summed E-state index contributed by atoms with van der Waals surface area (Å²) >= 11 is 0. The summed E-state index contributed by atoms with van der Waals surface area (Å²) in [5.41, 5.74) is 2.27. The lowest BCUT2D eigenvalue weighted by atomic mass is 9.97. The molecule has 2 atom stereocenters. The fourth-order valence-electron chi connectivity index (χ4n) is 3.81. The average molecular weight is 396 g/mol. The van der Waals surface area contributed by atoms with Gasteiger partial charge in [0.25, 0.3) is 11.8 Å².